The van der Waals surface area contributed by atoms with Gasteiger partial charge in [-0.3, -0.25) is 19.6 Å². The smallest absolute Gasteiger partial charge is 0.369 e. The average Bonchev–Trinajstić information content (AvgIpc) is 3.81. The number of nitrogens with two attached hydrogens (primary N) is 1. The third kappa shape index (κ3) is 6.41. The van der Waals surface area contributed by atoms with Crippen molar-refractivity contribution in [2.24, 2.45) is 10.7 Å². The number of amides is 2. The van der Waals surface area contributed by atoms with E-state index in [1.807, 2.05) is 6.07 Å². The topological polar surface area (TPSA) is 133 Å². The van der Waals surface area contributed by atoms with Crippen LogP contribution >= 0.6 is 0 Å². The summed E-state index contributed by atoms with van der Waals surface area (Å²) in [5, 5.41) is 7.66. The minimum absolute atomic E-state index is 0.0613. The van der Waals surface area contributed by atoms with Crippen molar-refractivity contribution in [1.29, 1.82) is 0 Å². The number of alkyl halides is 6. The Morgan fingerprint density at radius 3 is 2.48 bits per heavy atom. The van der Waals surface area contributed by atoms with Crippen LogP contribution in [0.3, 0.4) is 0 Å². The van der Waals surface area contributed by atoms with Gasteiger partial charge >= 0.3 is 12.4 Å². The molecular weight excluding hydrogens is 697 g/mol. The van der Waals surface area contributed by atoms with Crippen LogP contribution in [0, 0.1) is 5.82 Å². The average molecular weight is 725 g/mol. The molecule has 3 aromatic carbocycles. The zero-order valence-corrected chi connectivity index (χ0v) is 26.9. The lowest BCUT2D eigenvalue weighted by atomic mass is 9.84. The molecule has 0 saturated heterocycles. The van der Waals surface area contributed by atoms with E-state index in [9.17, 15) is 40.3 Å². The SMILES string of the molecule is NC1=N[C@](CCCC(F)(F)F)(c2ccc(F)cc2)C(=O)N1Cc1ccc(C(F)(F)F)c(C(=O)N2Cc3cnc(-c4cccc5[nH]ncc45)nc3C2)c1. The molecule has 7 rings (SSSR count). The van der Waals surface area contributed by atoms with Crippen molar-refractivity contribution in [1.82, 2.24) is 30.0 Å². The van der Waals surface area contributed by atoms with Crippen molar-refractivity contribution in [2.45, 2.75) is 56.8 Å². The normalized spacial score (nSPS) is 17.6. The van der Waals surface area contributed by atoms with E-state index in [-0.39, 0.29) is 24.2 Å². The molecule has 0 saturated carbocycles. The van der Waals surface area contributed by atoms with Crippen LogP contribution in [0.5, 0.6) is 0 Å². The van der Waals surface area contributed by atoms with Crippen LogP contribution in [-0.2, 0) is 36.1 Å². The predicted octanol–water partition coefficient (Wildman–Crippen LogP) is 6.62. The number of benzene rings is 3. The largest absolute Gasteiger partial charge is 0.417 e. The van der Waals surface area contributed by atoms with E-state index in [4.69, 9.17) is 5.73 Å². The zero-order chi connectivity index (χ0) is 37.0. The van der Waals surface area contributed by atoms with Crippen LogP contribution in [0.1, 0.15) is 57.6 Å². The van der Waals surface area contributed by atoms with Crippen molar-refractivity contribution in [2.75, 3.05) is 0 Å². The second-order valence-corrected chi connectivity index (χ2v) is 12.5. The number of hydrogen-bond acceptors (Lipinski definition) is 7. The zero-order valence-electron chi connectivity index (χ0n) is 26.9. The minimum Gasteiger partial charge on any atom is -0.369 e. The Kier molecular flexibility index (Phi) is 8.46. The Labute approximate surface area is 290 Å². The lowest BCUT2D eigenvalue weighted by molar-refractivity contribution is -0.139. The number of halogens is 7. The van der Waals surface area contributed by atoms with Crippen LogP contribution < -0.4 is 5.73 Å². The van der Waals surface area contributed by atoms with E-state index in [1.165, 1.54) is 23.2 Å². The van der Waals surface area contributed by atoms with Crippen molar-refractivity contribution < 1.29 is 40.3 Å². The summed E-state index contributed by atoms with van der Waals surface area (Å²) in [6.07, 6.45) is -8.47. The van der Waals surface area contributed by atoms with Crippen molar-refractivity contribution in [3.8, 4) is 11.4 Å². The van der Waals surface area contributed by atoms with E-state index in [1.54, 1.807) is 18.3 Å². The Hall–Kier alpha value is -5.87. The quantitative estimate of drug-likeness (QED) is 0.173. The Morgan fingerprint density at radius 2 is 1.75 bits per heavy atom. The van der Waals surface area contributed by atoms with Crippen molar-refractivity contribution in [3.63, 3.8) is 0 Å². The molecule has 4 heterocycles. The van der Waals surface area contributed by atoms with Gasteiger partial charge in [-0.2, -0.15) is 31.4 Å². The number of carbonyl (C=O) groups excluding carboxylic acids is 2. The van der Waals surface area contributed by atoms with Crippen molar-refractivity contribution in [3.05, 3.63) is 112 Å². The number of aliphatic imine (C=N–C) groups is 1. The van der Waals surface area contributed by atoms with E-state index in [0.29, 0.717) is 22.6 Å². The molecule has 2 aliphatic rings. The van der Waals surface area contributed by atoms with E-state index in [2.05, 4.69) is 25.2 Å². The lowest BCUT2D eigenvalue weighted by Gasteiger charge is -2.27. The summed E-state index contributed by atoms with van der Waals surface area (Å²) >= 11 is 0. The highest BCUT2D eigenvalue weighted by Gasteiger charge is 2.49. The maximum absolute atomic E-state index is 14.3. The molecule has 17 heteroatoms. The molecule has 0 bridgehead atoms. The van der Waals surface area contributed by atoms with Gasteiger partial charge in [-0.1, -0.05) is 30.3 Å². The first-order valence-corrected chi connectivity index (χ1v) is 15.9. The summed E-state index contributed by atoms with van der Waals surface area (Å²) in [5.41, 5.74) is 4.90. The standard InChI is InChI=1S/C35H27F7N8O2/c36-22-8-6-21(7-9-22)33(11-2-12-34(37,38)39)31(52)50(32(43)47-33)16-19-5-10-26(35(40,41)42)24(13-19)30(51)49-17-20-14-44-29(46-28(20)18-49)23-3-1-4-27-25(23)15-45-48-27/h1,3-10,13-15H,2,11-12,16-18H2,(H2,43,47)(H,45,48)/t33-/m1/s1. The van der Waals surface area contributed by atoms with Gasteiger partial charge < -0.3 is 10.6 Å². The molecule has 268 valence electrons. The number of carbonyl (C=O) groups is 2. The Balaban J connectivity index is 1.16. The van der Waals surface area contributed by atoms with Gasteiger partial charge in [0.05, 0.1) is 41.6 Å². The summed E-state index contributed by atoms with van der Waals surface area (Å²) in [6, 6.07) is 12.7. The molecule has 3 N–H and O–H groups in total. The number of guanidine groups is 1. The Morgan fingerprint density at radius 1 is 0.981 bits per heavy atom. The van der Waals surface area contributed by atoms with Gasteiger partial charge in [0, 0.05) is 35.7 Å². The number of aromatic amines is 1. The second-order valence-electron chi connectivity index (χ2n) is 12.5. The van der Waals surface area contributed by atoms with Gasteiger partial charge in [0.25, 0.3) is 11.8 Å². The molecule has 0 spiro atoms. The summed E-state index contributed by atoms with van der Waals surface area (Å²) in [5.74, 6) is -2.50. The predicted molar refractivity (Wildman–Crippen MR) is 172 cm³/mol. The molecule has 0 fully saturated rings. The highest BCUT2D eigenvalue weighted by Crippen LogP contribution is 2.41. The van der Waals surface area contributed by atoms with Crippen LogP contribution in [0.4, 0.5) is 30.7 Å². The monoisotopic (exact) mass is 724 g/mol. The van der Waals surface area contributed by atoms with Gasteiger partial charge in [-0.15, -0.1) is 0 Å². The maximum Gasteiger partial charge on any atom is 0.417 e. The van der Waals surface area contributed by atoms with Crippen LogP contribution in [0.2, 0.25) is 0 Å². The maximum atomic E-state index is 14.3. The van der Waals surface area contributed by atoms with E-state index >= 15 is 0 Å². The number of H-pyrrole nitrogens is 1. The second kappa shape index (κ2) is 12.7. The van der Waals surface area contributed by atoms with E-state index < -0.39 is 78.4 Å². The third-order valence-electron chi connectivity index (χ3n) is 9.13. The van der Waals surface area contributed by atoms with Crippen LogP contribution in [0.15, 0.2) is 78.0 Å². The molecule has 1 atom stereocenters. The summed E-state index contributed by atoms with van der Waals surface area (Å²) in [6.45, 7) is -0.619. The molecule has 52 heavy (non-hydrogen) atoms. The Bertz CT molecular complexity index is 2230. The molecule has 0 aliphatic carbocycles. The first-order valence-electron chi connectivity index (χ1n) is 15.9. The number of rotatable bonds is 8. The van der Waals surface area contributed by atoms with Gasteiger partial charge in [0.2, 0.25) is 0 Å². The minimum atomic E-state index is -4.92. The first-order chi connectivity index (χ1) is 24.6. The fourth-order valence-corrected chi connectivity index (χ4v) is 6.61. The van der Waals surface area contributed by atoms with Crippen molar-refractivity contribution >= 4 is 28.7 Å². The molecule has 5 aromatic rings. The number of fused-ring (bicyclic) bond motifs is 2. The van der Waals surface area contributed by atoms with Crippen LogP contribution in [0.25, 0.3) is 22.3 Å². The van der Waals surface area contributed by atoms with Gasteiger partial charge in [0.15, 0.2) is 17.3 Å². The summed E-state index contributed by atoms with van der Waals surface area (Å²) < 4.78 is 95.7. The summed E-state index contributed by atoms with van der Waals surface area (Å²) in [4.78, 5) is 43.2. The third-order valence-corrected chi connectivity index (χ3v) is 9.13. The number of nitrogens with one attached hydrogen (secondary N) is 1. The van der Waals surface area contributed by atoms with Gasteiger partial charge in [-0.25, -0.2) is 19.4 Å². The summed E-state index contributed by atoms with van der Waals surface area (Å²) in [7, 11) is 0. The fourth-order valence-electron chi connectivity index (χ4n) is 6.61. The molecular formula is C35H27F7N8O2. The molecule has 2 amide bonds. The van der Waals surface area contributed by atoms with Crippen LogP contribution in [-0.4, -0.2) is 53.9 Å². The highest BCUT2D eigenvalue weighted by atomic mass is 19.4. The van der Waals surface area contributed by atoms with Gasteiger partial charge in [-0.05, 0) is 54.3 Å². The number of nitrogens with zero attached hydrogens (tertiary/aromatic N) is 6. The van der Waals surface area contributed by atoms with E-state index in [0.717, 1.165) is 46.1 Å². The molecule has 10 nitrogen and oxygen atoms in total. The molecule has 2 aliphatic heterocycles. The lowest BCUT2D eigenvalue weighted by Crippen LogP contribution is -2.42. The molecule has 2 aromatic heterocycles. The first kappa shape index (κ1) is 34.6. The number of hydrogen-bond donors (Lipinski definition) is 2. The molecule has 0 unspecified atom stereocenters. The van der Waals surface area contributed by atoms with Gasteiger partial charge in [0.1, 0.15) is 5.82 Å². The molecule has 0 radical (unpaired) electrons. The number of aromatic nitrogens is 4. The highest BCUT2D eigenvalue weighted by molar-refractivity contribution is 6.07. The fraction of sp³-hybridized carbons (Fsp3) is 0.257.